The van der Waals surface area contributed by atoms with Gasteiger partial charge in [0, 0.05) is 18.7 Å². The molecule has 1 unspecified atom stereocenters. The zero-order chi connectivity index (χ0) is 14.3. The lowest BCUT2D eigenvalue weighted by Gasteiger charge is -2.31. The van der Waals surface area contributed by atoms with Crippen molar-refractivity contribution in [3.8, 4) is 5.75 Å². The molecule has 2 amide bonds. The minimum atomic E-state index is -0.470. The van der Waals surface area contributed by atoms with E-state index in [2.05, 4.69) is 5.32 Å². The van der Waals surface area contributed by atoms with Crippen LogP contribution in [0.2, 0.25) is 0 Å². The number of ether oxygens (including phenoxy) is 1. The highest BCUT2D eigenvalue weighted by molar-refractivity contribution is 6.01. The van der Waals surface area contributed by atoms with E-state index in [0.29, 0.717) is 17.1 Å². The largest absolute Gasteiger partial charge is 0.479 e. The van der Waals surface area contributed by atoms with Gasteiger partial charge in [-0.15, -0.1) is 0 Å². The maximum absolute atomic E-state index is 11.9. The number of carbonyl (C=O) groups is 2. The molecular formula is C15H18N2O3. The summed E-state index contributed by atoms with van der Waals surface area (Å²) in [6, 6.07) is 5.40. The molecule has 0 saturated heterocycles. The number of amides is 2. The van der Waals surface area contributed by atoms with Crippen LogP contribution in [0.3, 0.4) is 0 Å². The van der Waals surface area contributed by atoms with Gasteiger partial charge in [-0.05, 0) is 38.0 Å². The minimum Gasteiger partial charge on any atom is -0.479 e. The van der Waals surface area contributed by atoms with E-state index in [1.807, 2.05) is 6.07 Å². The van der Waals surface area contributed by atoms with Crippen LogP contribution in [0, 0.1) is 5.92 Å². The van der Waals surface area contributed by atoms with Crippen LogP contribution < -0.4 is 15.0 Å². The zero-order valence-electron chi connectivity index (χ0n) is 11.7. The second-order valence-corrected chi connectivity index (χ2v) is 5.46. The molecule has 1 fully saturated rings. The summed E-state index contributed by atoms with van der Waals surface area (Å²) >= 11 is 0. The van der Waals surface area contributed by atoms with Crippen molar-refractivity contribution >= 4 is 23.2 Å². The Hall–Kier alpha value is -2.04. The van der Waals surface area contributed by atoms with Crippen LogP contribution in [0.15, 0.2) is 18.2 Å². The average Bonchev–Trinajstić information content (AvgIpc) is 2.35. The molecule has 0 spiro atoms. The van der Waals surface area contributed by atoms with Gasteiger partial charge in [0.2, 0.25) is 5.91 Å². The lowest BCUT2D eigenvalue weighted by atomic mass is 9.85. The Balaban J connectivity index is 1.81. The Kier molecular flexibility index (Phi) is 3.12. The molecule has 1 aromatic rings. The monoisotopic (exact) mass is 274 g/mol. The third kappa shape index (κ3) is 2.13. The van der Waals surface area contributed by atoms with Crippen LogP contribution in [-0.2, 0) is 9.59 Å². The highest BCUT2D eigenvalue weighted by atomic mass is 16.5. The number of nitrogens with zero attached hydrogens (tertiary/aromatic N) is 1. The first-order valence-electron chi connectivity index (χ1n) is 6.95. The van der Waals surface area contributed by atoms with Crippen LogP contribution >= 0.6 is 0 Å². The van der Waals surface area contributed by atoms with Gasteiger partial charge in [0.15, 0.2) is 6.10 Å². The smallest absolute Gasteiger partial charge is 0.267 e. The van der Waals surface area contributed by atoms with Gasteiger partial charge < -0.3 is 15.0 Å². The van der Waals surface area contributed by atoms with E-state index < -0.39 is 6.10 Å². The minimum absolute atomic E-state index is 0.0651. The van der Waals surface area contributed by atoms with E-state index in [0.717, 1.165) is 19.3 Å². The van der Waals surface area contributed by atoms with Gasteiger partial charge >= 0.3 is 0 Å². The summed E-state index contributed by atoms with van der Waals surface area (Å²) < 4.78 is 5.55. The molecule has 1 heterocycles. The summed E-state index contributed by atoms with van der Waals surface area (Å²) in [5, 5.41) is 2.91. The van der Waals surface area contributed by atoms with Crippen molar-refractivity contribution in [3.05, 3.63) is 18.2 Å². The van der Waals surface area contributed by atoms with Crippen LogP contribution in [0.4, 0.5) is 11.4 Å². The van der Waals surface area contributed by atoms with E-state index in [1.165, 1.54) is 0 Å². The molecule has 1 atom stereocenters. The topological polar surface area (TPSA) is 58.6 Å². The number of anilines is 2. The molecule has 5 heteroatoms. The van der Waals surface area contributed by atoms with Crippen molar-refractivity contribution in [1.29, 1.82) is 0 Å². The number of hydrogen-bond donors (Lipinski definition) is 1. The fourth-order valence-electron chi connectivity index (χ4n) is 2.50. The van der Waals surface area contributed by atoms with Crippen molar-refractivity contribution in [3.63, 3.8) is 0 Å². The molecule has 0 aromatic heterocycles. The maximum Gasteiger partial charge on any atom is 0.267 e. The normalized spacial score (nSPS) is 21.8. The lowest BCUT2D eigenvalue weighted by molar-refractivity contribution is -0.125. The number of hydrogen-bond acceptors (Lipinski definition) is 3. The van der Waals surface area contributed by atoms with Crippen LogP contribution in [0.25, 0.3) is 0 Å². The van der Waals surface area contributed by atoms with Crippen molar-refractivity contribution in [2.24, 2.45) is 5.92 Å². The average molecular weight is 274 g/mol. The third-order valence-electron chi connectivity index (χ3n) is 4.05. The lowest BCUT2D eigenvalue weighted by Crippen LogP contribution is -2.42. The number of benzene rings is 1. The Morgan fingerprint density at radius 3 is 2.80 bits per heavy atom. The van der Waals surface area contributed by atoms with Gasteiger partial charge in [-0.25, -0.2) is 0 Å². The van der Waals surface area contributed by atoms with E-state index in [4.69, 9.17) is 4.74 Å². The quantitative estimate of drug-likeness (QED) is 0.899. The van der Waals surface area contributed by atoms with Gasteiger partial charge in [0.05, 0.1) is 5.69 Å². The van der Waals surface area contributed by atoms with E-state index in [1.54, 1.807) is 31.0 Å². The molecule has 1 aliphatic carbocycles. The van der Waals surface area contributed by atoms with Gasteiger partial charge in [0.25, 0.3) is 5.91 Å². The fourth-order valence-corrected chi connectivity index (χ4v) is 2.50. The van der Waals surface area contributed by atoms with Gasteiger partial charge in [-0.3, -0.25) is 9.59 Å². The van der Waals surface area contributed by atoms with Crippen LogP contribution in [0.1, 0.15) is 26.2 Å². The molecular weight excluding hydrogens is 256 g/mol. The maximum atomic E-state index is 11.9. The molecule has 2 aliphatic rings. The summed E-state index contributed by atoms with van der Waals surface area (Å²) in [6.07, 6.45) is 2.60. The third-order valence-corrected chi connectivity index (χ3v) is 4.05. The van der Waals surface area contributed by atoms with Crippen LogP contribution in [0.5, 0.6) is 5.75 Å². The number of rotatable bonds is 2. The van der Waals surface area contributed by atoms with Crippen LogP contribution in [-0.4, -0.2) is 25.0 Å². The SMILES string of the molecule is CC1Oc2ccc(NC(=O)C3CCC3)cc2N(C)C1=O. The summed E-state index contributed by atoms with van der Waals surface area (Å²) in [6.45, 7) is 1.73. The number of fused-ring (bicyclic) bond motifs is 1. The van der Waals surface area contributed by atoms with Gasteiger partial charge in [-0.2, -0.15) is 0 Å². The Morgan fingerprint density at radius 2 is 2.15 bits per heavy atom. The summed E-state index contributed by atoms with van der Waals surface area (Å²) in [7, 11) is 1.72. The first-order chi connectivity index (χ1) is 9.56. The first kappa shape index (κ1) is 13.0. The molecule has 1 aromatic carbocycles. The molecule has 20 heavy (non-hydrogen) atoms. The molecule has 106 valence electrons. The predicted molar refractivity (Wildman–Crippen MR) is 75.9 cm³/mol. The predicted octanol–water partition coefficient (Wildman–Crippen LogP) is 2.17. The first-order valence-corrected chi connectivity index (χ1v) is 6.95. The molecule has 1 saturated carbocycles. The van der Waals surface area contributed by atoms with E-state index in [-0.39, 0.29) is 17.7 Å². The van der Waals surface area contributed by atoms with E-state index in [9.17, 15) is 9.59 Å². The van der Waals surface area contributed by atoms with Gasteiger partial charge in [-0.1, -0.05) is 6.42 Å². The standard InChI is InChI=1S/C15H18N2O3/c1-9-15(19)17(2)12-8-11(6-7-13(12)20-9)16-14(18)10-4-3-5-10/h6-10H,3-5H2,1-2H3,(H,16,18). The van der Waals surface area contributed by atoms with E-state index >= 15 is 0 Å². The number of nitrogens with one attached hydrogen (secondary N) is 1. The summed E-state index contributed by atoms with van der Waals surface area (Å²) in [4.78, 5) is 25.4. The molecule has 1 N–H and O–H groups in total. The highest BCUT2D eigenvalue weighted by Crippen LogP contribution is 2.36. The molecule has 0 radical (unpaired) electrons. The Bertz CT molecular complexity index is 566. The van der Waals surface area contributed by atoms with Crippen molar-refractivity contribution in [1.82, 2.24) is 0 Å². The molecule has 1 aliphatic heterocycles. The summed E-state index contributed by atoms with van der Waals surface area (Å²) in [5.74, 6) is 0.790. The van der Waals surface area contributed by atoms with Crippen molar-refractivity contribution in [2.75, 3.05) is 17.3 Å². The van der Waals surface area contributed by atoms with Gasteiger partial charge in [0.1, 0.15) is 5.75 Å². The Labute approximate surface area is 117 Å². The number of carbonyl (C=O) groups excluding carboxylic acids is 2. The van der Waals surface area contributed by atoms with Crippen molar-refractivity contribution in [2.45, 2.75) is 32.3 Å². The molecule has 0 bridgehead atoms. The highest BCUT2D eigenvalue weighted by Gasteiger charge is 2.30. The second-order valence-electron chi connectivity index (χ2n) is 5.46. The molecule has 3 rings (SSSR count). The fraction of sp³-hybridized carbons (Fsp3) is 0.467. The number of likely N-dealkylation sites (N-methyl/N-ethyl adjacent to an activating group) is 1. The Morgan fingerprint density at radius 1 is 1.40 bits per heavy atom. The second kappa shape index (κ2) is 4.81. The zero-order valence-corrected chi connectivity index (χ0v) is 11.7. The van der Waals surface area contributed by atoms with Crippen molar-refractivity contribution < 1.29 is 14.3 Å². The molecule has 5 nitrogen and oxygen atoms in total. The summed E-state index contributed by atoms with van der Waals surface area (Å²) in [5.41, 5.74) is 1.40.